The van der Waals surface area contributed by atoms with Crippen molar-refractivity contribution in [2.24, 2.45) is 0 Å². The maximum atomic E-state index is 11.5. The van der Waals surface area contributed by atoms with E-state index in [4.69, 9.17) is 56.9 Å². The molecule has 0 N–H and O–H groups in total. The normalized spacial score (nSPS) is 14.1. The maximum absolute atomic E-state index is 11.5. The van der Waals surface area contributed by atoms with Crippen LogP contribution in [0.25, 0.3) is 0 Å². The summed E-state index contributed by atoms with van der Waals surface area (Å²) >= 11 is 26.0. The number of nitriles is 2. The van der Waals surface area contributed by atoms with Crippen LogP contribution in [-0.2, 0) is 0 Å². The van der Waals surface area contributed by atoms with Crippen LogP contribution in [0.5, 0.6) is 0 Å². The van der Waals surface area contributed by atoms with Gasteiger partial charge in [0, 0.05) is 23.3 Å². The van der Waals surface area contributed by atoms with E-state index in [1.807, 2.05) is 12.1 Å². The fourth-order valence-electron chi connectivity index (χ4n) is 3.53. The van der Waals surface area contributed by atoms with Crippen LogP contribution in [0.4, 0.5) is 11.4 Å². The number of halogens is 4. The SMILES string of the molecule is N#Cc1ccc([C@H](Cl)[C@H](Cl)c2ccc([C@@H](Cl)[C@@H](Cl)c3ccc(C#N)cc3[N+](=O)[O-])cc2)c([N+](=O)[O-])c1. The molecular formula is C24H14Cl4N4O4. The largest absolute Gasteiger partial charge is 0.275 e. The second-order valence-corrected chi connectivity index (χ2v) is 9.44. The predicted octanol–water partition coefficient (Wildman–Crippen LogP) is 7.77. The molecule has 3 rings (SSSR count). The quantitative estimate of drug-likeness (QED) is 0.156. The van der Waals surface area contributed by atoms with Crippen molar-refractivity contribution in [3.63, 3.8) is 0 Å². The van der Waals surface area contributed by atoms with Crippen LogP contribution in [-0.4, -0.2) is 9.85 Å². The van der Waals surface area contributed by atoms with E-state index >= 15 is 0 Å². The molecule has 36 heavy (non-hydrogen) atoms. The molecule has 0 bridgehead atoms. The topological polar surface area (TPSA) is 134 Å². The van der Waals surface area contributed by atoms with Gasteiger partial charge in [-0.05, 0) is 35.4 Å². The molecule has 3 aromatic rings. The summed E-state index contributed by atoms with van der Waals surface area (Å²) in [6, 6.07) is 18.1. The van der Waals surface area contributed by atoms with Crippen molar-refractivity contribution in [2.45, 2.75) is 21.5 Å². The van der Waals surface area contributed by atoms with Crippen LogP contribution in [0.1, 0.15) is 54.9 Å². The summed E-state index contributed by atoms with van der Waals surface area (Å²) in [6.07, 6.45) is 0. The number of nitro benzene ring substituents is 2. The van der Waals surface area contributed by atoms with E-state index in [2.05, 4.69) is 0 Å². The summed E-state index contributed by atoms with van der Waals surface area (Å²) in [5.41, 5.74) is 1.02. The van der Waals surface area contributed by atoms with Gasteiger partial charge in [-0.1, -0.05) is 24.3 Å². The van der Waals surface area contributed by atoms with Crippen molar-refractivity contribution in [2.75, 3.05) is 0 Å². The first kappa shape index (κ1) is 27.2. The molecule has 0 radical (unpaired) electrons. The molecule has 8 nitrogen and oxygen atoms in total. The summed E-state index contributed by atoms with van der Waals surface area (Å²) in [6.45, 7) is 0. The van der Waals surface area contributed by atoms with E-state index in [9.17, 15) is 20.2 Å². The maximum Gasteiger partial charge on any atom is 0.275 e. The zero-order chi connectivity index (χ0) is 26.6. The fourth-order valence-corrected chi connectivity index (χ4v) is 4.75. The summed E-state index contributed by atoms with van der Waals surface area (Å²) in [7, 11) is 0. The predicted molar refractivity (Wildman–Crippen MR) is 136 cm³/mol. The second-order valence-electron chi connectivity index (χ2n) is 7.56. The molecule has 0 saturated carbocycles. The molecule has 12 heteroatoms. The van der Waals surface area contributed by atoms with Crippen LogP contribution in [0.3, 0.4) is 0 Å². The van der Waals surface area contributed by atoms with Crippen molar-refractivity contribution in [1.29, 1.82) is 10.5 Å². The van der Waals surface area contributed by atoms with Gasteiger partial charge >= 0.3 is 0 Å². The molecule has 0 unspecified atom stereocenters. The van der Waals surface area contributed by atoms with Gasteiger partial charge in [0.05, 0.1) is 54.6 Å². The molecule has 0 aromatic heterocycles. The molecule has 0 aliphatic carbocycles. The van der Waals surface area contributed by atoms with Crippen molar-refractivity contribution < 1.29 is 9.85 Å². The Labute approximate surface area is 225 Å². The van der Waals surface area contributed by atoms with Crippen molar-refractivity contribution in [3.8, 4) is 12.1 Å². The minimum atomic E-state index is -0.987. The van der Waals surface area contributed by atoms with Gasteiger partial charge in [0.1, 0.15) is 0 Å². The highest BCUT2D eigenvalue weighted by molar-refractivity contribution is 6.31. The van der Waals surface area contributed by atoms with Crippen molar-refractivity contribution >= 4 is 57.8 Å². The summed E-state index contributed by atoms with van der Waals surface area (Å²) in [5, 5.41) is 37.2. The second kappa shape index (κ2) is 11.6. The molecule has 0 amide bonds. The first-order chi connectivity index (χ1) is 17.1. The number of nitrogens with zero attached hydrogens (tertiary/aromatic N) is 4. The number of hydrogen-bond acceptors (Lipinski definition) is 6. The van der Waals surface area contributed by atoms with Crippen LogP contribution in [0.15, 0.2) is 60.7 Å². The molecule has 0 spiro atoms. The first-order valence-corrected chi connectivity index (χ1v) is 11.9. The van der Waals surface area contributed by atoms with Gasteiger partial charge in [-0.15, -0.1) is 46.4 Å². The van der Waals surface area contributed by atoms with Crippen molar-refractivity contribution in [1.82, 2.24) is 0 Å². The minimum Gasteiger partial charge on any atom is -0.258 e. The zero-order valence-electron chi connectivity index (χ0n) is 18.0. The molecule has 0 saturated heterocycles. The van der Waals surface area contributed by atoms with E-state index in [1.54, 1.807) is 24.3 Å². The lowest BCUT2D eigenvalue weighted by Gasteiger charge is -2.20. The Hall–Kier alpha value is -3.40. The van der Waals surface area contributed by atoms with Crippen molar-refractivity contribution in [3.05, 3.63) is 114 Å². The number of nitro groups is 2. The van der Waals surface area contributed by atoms with E-state index < -0.39 is 31.4 Å². The number of rotatable bonds is 8. The Morgan fingerprint density at radius 3 is 1.22 bits per heavy atom. The van der Waals surface area contributed by atoms with Gasteiger partial charge < -0.3 is 0 Å². The lowest BCUT2D eigenvalue weighted by Crippen LogP contribution is -2.06. The van der Waals surface area contributed by atoms with E-state index in [0.717, 1.165) is 12.1 Å². The molecule has 0 fully saturated rings. The number of benzene rings is 3. The fraction of sp³-hybridized carbons (Fsp3) is 0.167. The van der Waals surface area contributed by atoms with Gasteiger partial charge in [-0.3, -0.25) is 20.2 Å². The lowest BCUT2D eigenvalue weighted by molar-refractivity contribution is -0.385. The molecule has 4 atom stereocenters. The van der Waals surface area contributed by atoms with E-state index in [0.29, 0.717) is 11.1 Å². The van der Waals surface area contributed by atoms with Gasteiger partial charge in [0.15, 0.2) is 0 Å². The highest BCUT2D eigenvalue weighted by atomic mass is 35.5. The molecule has 182 valence electrons. The Kier molecular flexibility index (Phi) is 8.73. The average molecular weight is 564 g/mol. The molecule has 0 aliphatic rings. The van der Waals surface area contributed by atoms with Gasteiger partial charge in [-0.25, -0.2) is 0 Å². The third-order valence-electron chi connectivity index (χ3n) is 5.39. The minimum absolute atomic E-state index is 0.121. The van der Waals surface area contributed by atoms with Gasteiger partial charge in [0.2, 0.25) is 0 Å². The van der Waals surface area contributed by atoms with E-state index in [1.165, 1.54) is 24.3 Å². The van der Waals surface area contributed by atoms with Crippen LogP contribution >= 0.6 is 46.4 Å². The smallest absolute Gasteiger partial charge is 0.258 e. The van der Waals surface area contributed by atoms with Crippen LogP contribution < -0.4 is 0 Å². The summed E-state index contributed by atoms with van der Waals surface area (Å²) in [5.74, 6) is 0. The van der Waals surface area contributed by atoms with Gasteiger partial charge in [-0.2, -0.15) is 10.5 Å². The van der Waals surface area contributed by atoms with E-state index in [-0.39, 0.29) is 33.6 Å². The Morgan fingerprint density at radius 2 is 0.944 bits per heavy atom. The highest BCUT2D eigenvalue weighted by Gasteiger charge is 2.30. The first-order valence-electron chi connectivity index (χ1n) is 10.1. The lowest BCUT2D eigenvalue weighted by atomic mass is 9.97. The molecule has 3 aromatic carbocycles. The Bertz CT molecular complexity index is 1300. The number of alkyl halides is 4. The third-order valence-corrected chi connectivity index (χ3v) is 7.63. The summed E-state index contributed by atoms with van der Waals surface area (Å²) < 4.78 is 0. The monoisotopic (exact) mass is 562 g/mol. The van der Waals surface area contributed by atoms with Gasteiger partial charge in [0.25, 0.3) is 11.4 Å². The number of hydrogen-bond donors (Lipinski definition) is 0. The zero-order valence-corrected chi connectivity index (χ0v) is 21.0. The third kappa shape index (κ3) is 5.70. The van der Waals surface area contributed by atoms with Crippen LogP contribution in [0, 0.1) is 42.9 Å². The molecule has 0 heterocycles. The standard InChI is InChI=1S/C24H14Cl4N4O4/c25-21(23(27)17-7-1-13(11-29)9-19(17)31(33)34)15-3-5-16(6-4-15)22(26)24(28)18-8-2-14(12-30)10-20(18)32(35)36/h1-10,21-24H/t21-,22-,23+,24+/m1/s1. The summed E-state index contributed by atoms with van der Waals surface area (Å²) in [4.78, 5) is 21.7. The van der Waals surface area contributed by atoms with Crippen LogP contribution in [0.2, 0.25) is 0 Å². The molecular weight excluding hydrogens is 550 g/mol. The molecule has 0 aliphatic heterocycles. The Balaban J connectivity index is 1.85. The Morgan fingerprint density at radius 1 is 0.611 bits per heavy atom. The average Bonchev–Trinajstić information content (AvgIpc) is 2.90. The highest BCUT2D eigenvalue weighted by Crippen LogP contribution is 2.45.